The van der Waals surface area contributed by atoms with Gasteiger partial charge in [-0.25, -0.2) is 0 Å². The van der Waals surface area contributed by atoms with Crippen LogP contribution in [0.25, 0.3) is 0 Å². The number of hydrogen-bond donors (Lipinski definition) is 1. The van der Waals surface area contributed by atoms with E-state index in [0.29, 0.717) is 5.75 Å². The van der Waals surface area contributed by atoms with Gasteiger partial charge in [0.15, 0.2) is 5.38 Å². The first kappa shape index (κ1) is 11.3. The van der Waals surface area contributed by atoms with E-state index in [0.717, 1.165) is 4.47 Å². The highest BCUT2D eigenvalue weighted by molar-refractivity contribution is 9.10. The summed E-state index contributed by atoms with van der Waals surface area (Å²) < 4.78 is 5.87. The van der Waals surface area contributed by atoms with Gasteiger partial charge in [0.05, 0.1) is 6.20 Å². The summed E-state index contributed by atoms with van der Waals surface area (Å²) in [5.74, 6) is -0.624. The SMILES string of the molecule is O=C(O)C(Cl)COc1cncc(Br)c1. The van der Waals surface area contributed by atoms with Crippen molar-refractivity contribution in [1.29, 1.82) is 0 Å². The van der Waals surface area contributed by atoms with Crippen LogP contribution < -0.4 is 4.74 Å². The molecule has 6 heteroatoms. The summed E-state index contributed by atoms with van der Waals surface area (Å²) in [6, 6.07) is 1.68. The molecule has 0 spiro atoms. The first-order valence-corrected chi connectivity index (χ1v) is 4.93. The van der Waals surface area contributed by atoms with E-state index >= 15 is 0 Å². The Morgan fingerprint density at radius 1 is 1.71 bits per heavy atom. The van der Waals surface area contributed by atoms with Crippen molar-refractivity contribution in [3.8, 4) is 5.75 Å². The molecule has 1 atom stereocenters. The quantitative estimate of drug-likeness (QED) is 0.856. The fourth-order valence-corrected chi connectivity index (χ4v) is 1.12. The largest absolute Gasteiger partial charge is 0.490 e. The minimum Gasteiger partial charge on any atom is -0.490 e. The minimum atomic E-state index is -1.10. The Morgan fingerprint density at radius 2 is 2.43 bits per heavy atom. The van der Waals surface area contributed by atoms with Crippen LogP contribution in [0.1, 0.15) is 0 Å². The molecule has 1 aromatic heterocycles. The smallest absolute Gasteiger partial charge is 0.325 e. The van der Waals surface area contributed by atoms with Crippen LogP contribution in [-0.2, 0) is 4.79 Å². The zero-order valence-electron chi connectivity index (χ0n) is 6.98. The van der Waals surface area contributed by atoms with Gasteiger partial charge in [0.25, 0.3) is 0 Å². The number of halogens is 2. The number of aromatic nitrogens is 1. The Kier molecular flexibility index (Phi) is 4.16. The van der Waals surface area contributed by atoms with E-state index < -0.39 is 11.3 Å². The summed E-state index contributed by atoms with van der Waals surface area (Å²) in [5.41, 5.74) is 0. The van der Waals surface area contributed by atoms with Crippen molar-refractivity contribution in [2.45, 2.75) is 5.38 Å². The van der Waals surface area contributed by atoms with Gasteiger partial charge in [0.2, 0.25) is 0 Å². The predicted octanol–water partition coefficient (Wildman–Crippen LogP) is 1.91. The number of carbonyl (C=O) groups is 1. The molecular weight excluding hydrogens is 273 g/mol. The van der Waals surface area contributed by atoms with E-state index in [1.54, 1.807) is 12.3 Å². The number of ether oxygens (including phenoxy) is 1. The first-order chi connectivity index (χ1) is 6.59. The highest BCUT2D eigenvalue weighted by Crippen LogP contribution is 2.16. The lowest BCUT2D eigenvalue weighted by atomic mass is 10.4. The van der Waals surface area contributed by atoms with E-state index in [4.69, 9.17) is 21.4 Å². The minimum absolute atomic E-state index is 0.0883. The van der Waals surface area contributed by atoms with Gasteiger partial charge in [-0.3, -0.25) is 9.78 Å². The van der Waals surface area contributed by atoms with Gasteiger partial charge >= 0.3 is 5.97 Å². The molecule has 0 aliphatic heterocycles. The molecule has 1 N–H and O–H groups in total. The van der Waals surface area contributed by atoms with Gasteiger partial charge in [-0.05, 0) is 22.0 Å². The standard InChI is InChI=1S/C8H7BrClNO3/c9-5-1-6(3-11-2-5)14-4-7(10)8(12)13/h1-3,7H,4H2,(H,12,13). The Bertz CT molecular complexity index is 334. The van der Waals surface area contributed by atoms with Crippen LogP contribution in [0.4, 0.5) is 0 Å². The summed E-state index contributed by atoms with van der Waals surface area (Å²) in [6.45, 7) is -0.0883. The lowest BCUT2D eigenvalue weighted by Gasteiger charge is -2.07. The van der Waals surface area contributed by atoms with Gasteiger partial charge in [-0.15, -0.1) is 11.6 Å². The van der Waals surface area contributed by atoms with Crippen molar-refractivity contribution >= 4 is 33.5 Å². The van der Waals surface area contributed by atoms with Crippen molar-refractivity contribution in [1.82, 2.24) is 4.98 Å². The normalized spacial score (nSPS) is 12.1. The van der Waals surface area contributed by atoms with Crippen LogP contribution >= 0.6 is 27.5 Å². The molecule has 1 heterocycles. The number of carboxylic acids is 1. The number of alkyl halides is 1. The van der Waals surface area contributed by atoms with E-state index in [-0.39, 0.29) is 6.61 Å². The fourth-order valence-electron chi connectivity index (χ4n) is 0.712. The molecule has 4 nitrogen and oxygen atoms in total. The van der Waals surface area contributed by atoms with E-state index in [2.05, 4.69) is 20.9 Å². The van der Waals surface area contributed by atoms with Crippen molar-refractivity contribution in [2.75, 3.05) is 6.61 Å². The number of nitrogens with zero attached hydrogens (tertiary/aromatic N) is 1. The maximum atomic E-state index is 10.4. The summed E-state index contributed by atoms with van der Waals surface area (Å²) in [4.78, 5) is 14.2. The molecule has 76 valence electrons. The number of carboxylic acid groups (broad SMARTS) is 1. The van der Waals surface area contributed by atoms with Crippen LogP contribution in [0.3, 0.4) is 0 Å². The van der Waals surface area contributed by atoms with E-state index in [1.165, 1.54) is 6.20 Å². The van der Waals surface area contributed by atoms with Gasteiger partial charge in [-0.2, -0.15) is 0 Å². The van der Waals surface area contributed by atoms with Crippen LogP contribution in [0, 0.1) is 0 Å². The molecular formula is C8H7BrClNO3. The van der Waals surface area contributed by atoms with Gasteiger partial charge in [0.1, 0.15) is 12.4 Å². The molecule has 1 rings (SSSR count). The maximum Gasteiger partial charge on any atom is 0.325 e. The third-order valence-electron chi connectivity index (χ3n) is 1.34. The van der Waals surface area contributed by atoms with Crippen molar-refractivity contribution < 1.29 is 14.6 Å². The third-order valence-corrected chi connectivity index (χ3v) is 2.09. The second-order valence-corrected chi connectivity index (χ2v) is 3.90. The molecule has 0 aliphatic rings. The van der Waals surface area contributed by atoms with Gasteiger partial charge in [0, 0.05) is 10.7 Å². The highest BCUT2D eigenvalue weighted by atomic mass is 79.9. The third kappa shape index (κ3) is 3.51. The average Bonchev–Trinajstić information content (AvgIpc) is 2.14. The molecule has 0 saturated carbocycles. The second kappa shape index (κ2) is 5.17. The Morgan fingerprint density at radius 3 is 3.00 bits per heavy atom. The molecule has 0 fully saturated rings. The van der Waals surface area contributed by atoms with Crippen molar-refractivity contribution in [2.24, 2.45) is 0 Å². The molecule has 0 aromatic carbocycles. The van der Waals surface area contributed by atoms with E-state index in [1.807, 2.05) is 0 Å². The van der Waals surface area contributed by atoms with Gasteiger partial charge < -0.3 is 9.84 Å². The molecule has 0 amide bonds. The summed E-state index contributed by atoms with van der Waals surface area (Å²) in [7, 11) is 0. The molecule has 0 aliphatic carbocycles. The fraction of sp³-hybridized carbons (Fsp3) is 0.250. The molecule has 0 radical (unpaired) electrons. The zero-order valence-corrected chi connectivity index (χ0v) is 9.33. The maximum absolute atomic E-state index is 10.4. The average molecular weight is 281 g/mol. The Balaban J connectivity index is 2.49. The number of pyridine rings is 1. The lowest BCUT2D eigenvalue weighted by Crippen LogP contribution is -2.21. The topological polar surface area (TPSA) is 59.4 Å². The van der Waals surface area contributed by atoms with Crippen LogP contribution in [0.2, 0.25) is 0 Å². The van der Waals surface area contributed by atoms with Crippen LogP contribution in [0.5, 0.6) is 5.75 Å². The van der Waals surface area contributed by atoms with Gasteiger partial charge in [-0.1, -0.05) is 0 Å². The summed E-state index contributed by atoms with van der Waals surface area (Å²) in [5, 5.41) is 7.43. The highest BCUT2D eigenvalue weighted by Gasteiger charge is 2.14. The molecule has 0 bridgehead atoms. The van der Waals surface area contributed by atoms with Crippen LogP contribution in [-0.4, -0.2) is 28.0 Å². The summed E-state index contributed by atoms with van der Waals surface area (Å²) >= 11 is 8.66. The molecule has 14 heavy (non-hydrogen) atoms. The number of hydrogen-bond acceptors (Lipinski definition) is 3. The molecule has 1 aromatic rings. The van der Waals surface area contributed by atoms with Crippen LogP contribution in [0.15, 0.2) is 22.9 Å². The van der Waals surface area contributed by atoms with E-state index in [9.17, 15) is 4.79 Å². The predicted molar refractivity (Wildman–Crippen MR) is 54.7 cm³/mol. The Hall–Kier alpha value is -0.810. The monoisotopic (exact) mass is 279 g/mol. The summed E-state index contributed by atoms with van der Waals surface area (Å²) in [6.07, 6.45) is 3.08. The molecule has 1 unspecified atom stereocenters. The molecule has 0 saturated heterocycles. The van der Waals surface area contributed by atoms with Crippen molar-refractivity contribution in [3.05, 3.63) is 22.9 Å². The van der Waals surface area contributed by atoms with Crippen molar-refractivity contribution in [3.63, 3.8) is 0 Å². The first-order valence-electron chi connectivity index (χ1n) is 3.70. The second-order valence-electron chi connectivity index (χ2n) is 2.46. The lowest BCUT2D eigenvalue weighted by molar-refractivity contribution is -0.137. The number of rotatable bonds is 4. The number of aliphatic carboxylic acids is 1. The Labute approximate surface area is 94.0 Å². The zero-order chi connectivity index (χ0) is 10.6.